The Morgan fingerprint density at radius 1 is 1.36 bits per heavy atom. The molecule has 0 saturated heterocycles. The standard InChI is InChI=1S/C18H24FNO2/c1-13(2)20(15-6-4-5-7-15)18(21)11-9-14-8-10-17(22-3)16(19)12-14/h8-13,15H,4-7H2,1-3H3/b11-9+. The number of rotatable bonds is 5. The summed E-state index contributed by atoms with van der Waals surface area (Å²) in [5, 5.41) is 0. The molecule has 2 rings (SSSR count). The number of amides is 1. The Hall–Kier alpha value is -1.84. The topological polar surface area (TPSA) is 29.5 Å². The molecule has 0 heterocycles. The van der Waals surface area contributed by atoms with E-state index in [-0.39, 0.29) is 17.7 Å². The van der Waals surface area contributed by atoms with Crippen molar-refractivity contribution in [3.8, 4) is 5.75 Å². The molecular weight excluding hydrogens is 281 g/mol. The van der Waals surface area contributed by atoms with Crippen molar-refractivity contribution in [1.29, 1.82) is 0 Å². The van der Waals surface area contributed by atoms with Gasteiger partial charge in [0.2, 0.25) is 5.91 Å². The minimum Gasteiger partial charge on any atom is -0.494 e. The second-order valence-electron chi connectivity index (χ2n) is 6.00. The average molecular weight is 305 g/mol. The molecule has 3 nitrogen and oxygen atoms in total. The van der Waals surface area contributed by atoms with Gasteiger partial charge >= 0.3 is 0 Å². The van der Waals surface area contributed by atoms with Gasteiger partial charge in [-0.2, -0.15) is 0 Å². The van der Waals surface area contributed by atoms with Gasteiger partial charge in [0, 0.05) is 18.2 Å². The van der Waals surface area contributed by atoms with Gasteiger partial charge in [-0.3, -0.25) is 4.79 Å². The molecule has 22 heavy (non-hydrogen) atoms. The van der Waals surface area contributed by atoms with Gasteiger partial charge in [0.05, 0.1) is 7.11 Å². The first-order valence-electron chi connectivity index (χ1n) is 7.87. The summed E-state index contributed by atoms with van der Waals surface area (Å²) < 4.78 is 18.5. The molecule has 1 aliphatic rings. The highest BCUT2D eigenvalue weighted by Gasteiger charge is 2.27. The molecule has 1 fully saturated rings. The zero-order valence-electron chi connectivity index (χ0n) is 13.5. The maximum Gasteiger partial charge on any atom is 0.247 e. The molecule has 1 saturated carbocycles. The number of carbonyl (C=O) groups is 1. The first kappa shape index (κ1) is 16.5. The normalized spacial score (nSPS) is 15.7. The fraction of sp³-hybridized carbons (Fsp3) is 0.500. The third-order valence-electron chi connectivity index (χ3n) is 4.12. The van der Waals surface area contributed by atoms with E-state index < -0.39 is 5.82 Å². The Balaban J connectivity index is 2.10. The number of carbonyl (C=O) groups excluding carboxylic acids is 1. The molecule has 0 atom stereocenters. The number of benzene rings is 1. The van der Waals surface area contributed by atoms with Crippen molar-refractivity contribution in [1.82, 2.24) is 4.90 Å². The Morgan fingerprint density at radius 2 is 2.05 bits per heavy atom. The van der Waals surface area contributed by atoms with E-state index in [4.69, 9.17) is 4.74 Å². The lowest BCUT2D eigenvalue weighted by Gasteiger charge is -2.31. The molecule has 1 amide bonds. The number of hydrogen-bond acceptors (Lipinski definition) is 2. The molecule has 4 heteroatoms. The van der Waals surface area contributed by atoms with Gasteiger partial charge < -0.3 is 9.64 Å². The van der Waals surface area contributed by atoms with E-state index in [9.17, 15) is 9.18 Å². The fourth-order valence-electron chi connectivity index (χ4n) is 3.08. The van der Waals surface area contributed by atoms with Gasteiger partial charge in [0.15, 0.2) is 11.6 Å². The summed E-state index contributed by atoms with van der Waals surface area (Å²) >= 11 is 0. The fourth-order valence-corrected chi connectivity index (χ4v) is 3.08. The van der Waals surface area contributed by atoms with Gasteiger partial charge in [-0.15, -0.1) is 0 Å². The zero-order valence-corrected chi connectivity index (χ0v) is 13.5. The number of halogens is 1. The van der Waals surface area contributed by atoms with E-state index in [0.717, 1.165) is 12.8 Å². The smallest absolute Gasteiger partial charge is 0.247 e. The van der Waals surface area contributed by atoms with E-state index in [1.165, 1.54) is 26.0 Å². The summed E-state index contributed by atoms with van der Waals surface area (Å²) in [7, 11) is 1.43. The quantitative estimate of drug-likeness (QED) is 0.769. The van der Waals surface area contributed by atoms with Crippen molar-refractivity contribution < 1.29 is 13.9 Å². The third kappa shape index (κ3) is 3.87. The predicted molar refractivity (Wildman–Crippen MR) is 86.2 cm³/mol. The van der Waals surface area contributed by atoms with E-state index in [1.807, 2.05) is 18.7 Å². The molecule has 1 aromatic rings. The van der Waals surface area contributed by atoms with Crippen LogP contribution in [0.4, 0.5) is 4.39 Å². The average Bonchev–Trinajstić information content (AvgIpc) is 2.99. The van der Waals surface area contributed by atoms with E-state index in [2.05, 4.69) is 0 Å². The molecule has 0 bridgehead atoms. The van der Waals surface area contributed by atoms with Crippen molar-refractivity contribution in [2.75, 3.05) is 7.11 Å². The largest absolute Gasteiger partial charge is 0.494 e. The summed E-state index contributed by atoms with van der Waals surface area (Å²) in [5.74, 6) is -0.218. The Kier molecular flexibility index (Phi) is 5.58. The molecule has 0 radical (unpaired) electrons. The van der Waals surface area contributed by atoms with Crippen LogP contribution in [0.25, 0.3) is 6.08 Å². The third-order valence-corrected chi connectivity index (χ3v) is 4.12. The number of nitrogens with zero attached hydrogens (tertiary/aromatic N) is 1. The van der Waals surface area contributed by atoms with Gasteiger partial charge in [0.25, 0.3) is 0 Å². The SMILES string of the molecule is COc1ccc(/C=C/C(=O)N(C(C)C)C2CCCC2)cc1F. The van der Waals surface area contributed by atoms with Crippen molar-refractivity contribution in [2.24, 2.45) is 0 Å². The van der Waals surface area contributed by atoms with Crippen LogP contribution < -0.4 is 4.74 Å². The second kappa shape index (κ2) is 7.43. The monoisotopic (exact) mass is 305 g/mol. The van der Waals surface area contributed by atoms with Crippen LogP contribution in [0.2, 0.25) is 0 Å². The van der Waals surface area contributed by atoms with Crippen molar-refractivity contribution >= 4 is 12.0 Å². The van der Waals surface area contributed by atoms with Gasteiger partial charge in [-0.25, -0.2) is 4.39 Å². The summed E-state index contributed by atoms with van der Waals surface area (Å²) in [6, 6.07) is 5.19. The molecule has 0 unspecified atom stereocenters. The second-order valence-corrected chi connectivity index (χ2v) is 6.00. The van der Waals surface area contributed by atoms with Crippen LogP contribution in [0.15, 0.2) is 24.3 Å². The Bertz CT molecular complexity index is 548. The van der Waals surface area contributed by atoms with Crippen LogP contribution in [0.1, 0.15) is 45.1 Å². The molecule has 0 aliphatic heterocycles. The minimum absolute atomic E-state index is 0.00173. The maximum atomic E-state index is 13.7. The van der Waals surface area contributed by atoms with Gasteiger partial charge in [-0.1, -0.05) is 18.9 Å². The number of methoxy groups -OCH3 is 1. The highest BCUT2D eigenvalue weighted by atomic mass is 19.1. The molecule has 1 aromatic carbocycles. The molecule has 120 valence electrons. The lowest BCUT2D eigenvalue weighted by molar-refractivity contribution is -0.130. The molecule has 1 aliphatic carbocycles. The predicted octanol–water partition coefficient (Wildman–Crippen LogP) is 4.03. The van der Waals surface area contributed by atoms with Crippen LogP contribution in [-0.4, -0.2) is 30.0 Å². The van der Waals surface area contributed by atoms with Crippen LogP contribution in [-0.2, 0) is 4.79 Å². The van der Waals surface area contributed by atoms with E-state index in [1.54, 1.807) is 24.3 Å². The number of hydrogen-bond donors (Lipinski definition) is 0. The van der Waals surface area contributed by atoms with Crippen molar-refractivity contribution in [3.63, 3.8) is 0 Å². The molecule has 0 aromatic heterocycles. The summed E-state index contributed by atoms with van der Waals surface area (Å²) in [5.41, 5.74) is 0.654. The van der Waals surface area contributed by atoms with Gasteiger partial charge in [0.1, 0.15) is 0 Å². The first-order chi connectivity index (χ1) is 10.5. The molecule has 0 spiro atoms. The Labute approximate surface area is 131 Å². The van der Waals surface area contributed by atoms with Crippen molar-refractivity contribution in [3.05, 3.63) is 35.7 Å². The van der Waals surface area contributed by atoms with Crippen LogP contribution in [0, 0.1) is 5.82 Å². The molecule has 0 N–H and O–H groups in total. The van der Waals surface area contributed by atoms with Crippen LogP contribution >= 0.6 is 0 Å². The maximum absolute atomic E-state index is 13.7. The highest BCUT2D eigenvalue weighted by molar-refractivity contribution is 5.92. The highest BCUT2D eigenvalue weighted by Crippen LogP contribution is 2.25. The van der Waals surface area contributed by atoms with Crippen LogP contribution in [0.3, 0.4) is 0 Å². The first-order valence-corrected chi connectivity index (χ1v) is 7.87. The Morgan fingerprint density at radius 3 is 2.59 bits per heavy atom. The van der Waals surface area contributed by atoms with E-state index in [0.29, 0.717) is 11.6 Å². The zero-order chi connectivity index (χ0) is 16.1. The molecular formula is C18H24FNO2. The van der Waals surface area contributed by atoms with Crippen molar-refractivity contribution in [2.45, 2.75) is 51.6 Å². The van der Waals surface area contributed by atoms with E-state index >= 15 is 0 Å². The minimum atomic E-state index is -0.423. The summed E-state index contributed by atoms with van der Waals surface area (Å²) in [6.07, 6.45) is 7.74. The van der Waals surface area contributed by atoms with Gasteiger partial charge in [-0.05, 0) is 50.5 Å². The number of ether oxygens (including phenoxy) is 1. The lowest BCUT2D eigenvalue weighted by atomic mass is 10.1. The summed E-state index contributed by atoms with van der Waals surface area (Å²) in [6.45, 7) is 4.08. The lowest BCUT2D eigenvalue weighted by Crippen LogP contribution is -2.42. The summed E-state index contributed by atoms with van der Waals surface area (Å²) in [4.78, 5) is 14.4. The van der Waals surface area contributed by atoms with Crippen LogP contribution in [0.5, 0.6) is 5.75 Å².